The van der Waals surface area contributed by atoms with Crippen LogP contribution in [0.5, 0.6) is 5.75 Å². The van der Waals surface area contributed by atoms with Gasteiger partial charge in [-0.3, -0.25) is 4.68 Å². The largest absolute Gasteiger partial charge is 0.497 e. The summed E-state index contributed by atoms with van der Waals surface area (Å²) in [5.74, 6) is 0.712. The second-order valence-corrected chi connectivity index (χ2v) is 4.52. The molecule has 0 aliphatic carbocycles. The standard InChI is InChI=1S/C12H13BrN2O2/c1-15-11(5-6-14-15)12(16)9-7-8(17-2)3-4-10(9)13/h3-7,12,16H,1-2H3. The maximum absolute atomic E-state index is 10.3. The highest BCUT2D eigenvalue weighted by Gasteiger charge is 2.17. The van der Waals surface area contributed by atoms with E-state index in [4.69, 9.17) is 4.74 Å². The molecule has 0 aliphatic rings. The summed E-state index contributed by atoms with van der Waals surface area (Å²) in [7, 11) is 3.40. The van der Waals surface area contributed by atoms with Crippen molar-refractivity contribution in [2.75, 3.05) is 7.11 Å². The molecule has 17 heavy (non-hydrogen) atoms. The first kappa shape index (κ1) is 12.1. The van der Waals surface area contributed by atoms with Gasteiger partial charge in [-0.05, 0) is 24.3 Å². The molecular formula is C12H13BrN2O2. The van der Waals surface area contributed by atoms with Gasteiger partial charge >= 0.3 is 0 Å². The quantitative estimate of drug-likeness (QED) is 0.945. The SMILES string of the molecule is COc1ccc(Br)c(C(O)c2ccnn2C)c1. The molecule has 1 unspecified atom stereocenters. The zero-order valence-electron chi connectivity index (χ0n) is 9.59. The van der Waals surface area contributed by atoms with Gasteiger partial charge in [-0.25, -0.2) is 0 Å². The van der Waals surface area contributed by atoms with E-state index < -0.39 is 6.10 Å². The van der Waals surface area contributed by atoms with Crippen LogP contribution in [0.1, 0.15) is 17.4 Å². The third-order valence-electron chi connectivity index (χ3n) is 2.64. The first-order chi connectivity index (χ1) is 8.13. The summed E-state index contributed by atoms with van der Waals surface area (Å²) in [5, 5.41) is 14.4. The average molecular weight is 297 g/mol. The molecule has 90 valence electrons. The molecule has 0 fully saturated rings. The van der Waals surface area contributed by atoms with Gasteiger partial charge in [0.05, 0.1) is 12.8 Å². The number of aliphatic hydroxyl groups excluding tert-OH is 1. The molecule has 0 saturated heterocycles. The number of rotatable bonds is 3. The minimum absolute atomic E-state index is 0.712. The van der Waals surface area contributed by atoms with E-state index in [2.05, 4.69) is 21.0 Å². The van der Waals surface area contributed by atoms with E-state index in [0.717, 1.165) is 15.7 Å². The number of methoxy groups -OCH3 is 1. The maximum atomic E-state index is 10.3. The van der Waals surface area contributed by atoms with Crippen molar-refractivity contribution >= 4 is 15.9 Å². The van der Waals surface area contributed by atoms with Crippen molar-refractivity contribution in [2.24, 2.45) is 7.05 Å². The minimum Gasteiger partial charge on any atom is -0.497 e. The molecule has 2 rings (SSSR count). The topological polar surface area (TPSA) is 47.3 Å². The van der Waals surface area contributed by atoms with Crippen molar-refractivity contribution in [3.05, 3.63) is 46.2 Å². The lowest BCUT2D eigenvalue weighted by Crippen LogP contribution is -2.07. The van der Waals surface area contributed by atoms with Gasteiger partial charge in [-0.1, -0.05) is 15.9 Å². The number of aromatic nitrogens is 2. The van der Waals surface area contributed by atoms with Gasteiger partial charge in [0.25, 0.3) is 0 Å². The molecule has 0 amide bonds. The molecule has 1 heterocycles. The summed E-state index contributed by atoms with van der Waals surface area (Å²) < 4.78 is 7.64. The van der Waals surface area contributed by atoms with Crippen LogP contribution in [-0.4, -0.2) is 22.0 Å². The molecule has 2 aromatic rings. The van der Waals surface area contributed by atoms with E-state index in [1.54, 1.807) is 31.1 Å². The number of nitrogens with zero attached hydrogens (tertiary/aromatic N) is 2. The zero-order valence-corrected chi connectivity index (χ0v) is 11.2. The lowest BCUT2D eigenvalue weighted by atomic mass is 10.1. The van der Waals surface area contributed by atoms with E-state index in [1.807, 2.05) is 18.2 Å². The highest BCUT2D eigenvalue weighted by atomic mass is 79.9. The Morgan fingerprint density at radius 1 is 1.41 bits per heavy atom. The van der Waals surface area contributed by atoms with Gasteiger partial charge in [0.2, 0.25) is 0 Å². The molecule has 1 aromatic carbocycles. The van der Waals surface area contributed by atoms with Gasteiger partial charge in [-0.15, -0.1) is 0 Å². The Kier molecular flexibility index (Phi) is 3.49. The van der Waals surface area contributed by atoms with E-state index >= 15 is 0 Å². The van der Waals surface area contributed by atoms with E-state index in [-0.39, 0.29) is 0 Å². The smallest absolute Gasteiger partial charge is 0.122 e. The molecule has 0 bridgehead atoms. The Bertz CT molecular complexity index is 525. The van der Waals surface area contributed by atoms with Gasteiger partial charge in [0.15, 0.2) is 0 Å². The predicted molar refractivity (Wildman–Crippen MR) is 68.0 cm³/mol. The van der Waals surface area contributed by atoms with Crippen LogP contribution in [0.25, 0.3) is 0 Å². The normalized spacial score (nSPS) is 12.5. The molecule has 0 saturated carbocycles. The van der Waals surface area contributed by atoms with Gasteiger partial charge < -0.3 is 9.84 Å². The Morgan fingerprint density at radius 2 is 2.18 bits per heavy atom. The first-order valence-corrected chi connectivity index (χ1v) is 5.92. The minimum atomic E-state index is -0.730. The van der Waals surface area contributed by atoms with Crippen molar-refractivity contribution in [3.63, 3.8) is 0 Å². The number of ether oxygens (including phenoxy) is 1. The summed E-state index contributed by atoms with van der Waals surface area (Å²) in [6.07, 6.45) is 0.930. The lowest BCUT2D eigenvalue weighted by Gasteiger charge is -2.14. The zero-order chi connectivity index (χ0) is 12.4. The highest BCUT2D eigenvalue weighted by molar-refractivity contribution is 9.10. The van der Waals surface area contributed by atoms with Crippen LogP contribution in [0, 0.1) is 0 Å². The van der Waals surface area contributed by atoms with Crippen LogP contribution in [0.2, 0.25) is 0 Å². The van der Waals surface area contributed by atoms with Crippen LogP contribution in [0.15, 0.2) is 34.9 Å². The fourth-order valence-electron chi connectivity index (χ4n) is 1.67. The summed E-state index contributed by atoms with van der Waals surface area (Å²) in [5.41, 5.74) is 1.49. The van der Waals surface area contributed by atoms with Gasteiger partial charge in [-0.2, -0.15) is 5.10 Å². The Morgan fingerprint density at radius 3 is 2.76 bits per heavy atom. The number of hydrogen-bond donors (Lipinski definition) is 1. The monoisotopic (exact) mass is 296 g/mol. The number of benzene rings is 1. The van der Waals surface area contributed by atoms with Crippen molar-refractivity contribution in [2.45, 2.75) is 6.10 Å². The lowest BCUT2D eigenvalue weighted by molar-refractivity contribution is 0.208. The maximum Gasteiger partial charge on any atom is 0.122 e. The highest BCUT2D eigenvalue weighted by Crippen LogP contribution is 2.31. The van der Waals surface area contributed by atoms with E-state index in [0.29, 0.717) is 5.75 Å². The van der Waals surface area contributed by atoms with Gasteiger partial charge in [0.1, 0.15) is 11.9 Å². The van der Waals surface area contributed by atoms with Crippen molar-refractivity contribution in [1.29, 1.82) is 0 Å². The first-order valence-electron chi connectivity index (χ1n) is 5.13. The summed E-state index contributed by atoms with van der Waals surface area (Å²) >= 11 is 3.43. The van der Waals surface area contributed by atoms with Crippen LogP contribution < -0.4 is 4.74 Å². The van der Waals surface area contributed by atoms with Crippen LogP contribution >= 0.6 is 15.9 Å². The van der Waals surface area contributed by atoms with Crippen molar-refractivity contribution in [3.8, 4) is 5.75 Å². The fraction of sp³-hybridized carbons (Fsp3) is 0.250. The Hall–Kier alpha value is -1.33. The van der Waals surface area contributed by atoms with Crippen molar-refractivity contribution in [1.82, 2.24) is 9.78 Å². The third kappa shape index (κ3) is 2.35. The Balaban J connectivity index is 2.43. The molecule has 1 atom stereocenters. The number of aryl methyl sites for hydroxylation is 1. The third-order valence-corrected chi connectivity index (χ3v) is 3.36. The number of halogens is 1. The second-order valence-electron chi connectivity index (χ2n) is 3.67. The second kappa shape index (κ2) is 4.89. The summed E-state index contributed by atoms with van der Waals surface area (Å²) in [6, 6.07) is 7.29. The number of aliphatic hydroxyl groups is 1. The molecule has 4 nitrogen and oxygen atoms in total. The summed E-state index contributed by atoms with van der Waals surface area (Å²) in [4.78, 5) is 0. The molecule has 5 heteroatoms. The van der Waals surface area contributed by atoms with E-state index in [9.17, 15) is 5.11 Å². The number of hydrogen-bond acceptors (Lipinski definition) is 3. The predicted octanol–water partition coefficient (Wildman–Crippen LogP) is 2.27. The average Bonchev–Trinajstić information content (AvgIpc) is 2.75. The Labute approximate surface area is 108 Å². The molecule has 1 aromatic heterocycles. The van der Waals surface area contributed by atoms with Gasteiger partial charge in [0, 0.05) is 23.3 Å². The van der Waals surface area contributed by atoms with E-state index in [1.165, 1.54) is 0 Å². The summed E-state index contributed by atoms with van der Waals surface area (Å²) in [6.45, 7) is 0. The molecule has 0 spiro atoms. The van der Waals surface area contributed by atoms with Crippen LogP contribution in [-0.2, 0) is 7.05 Å². The van der Waals surface area contributed by atoms with Crippen LogP contribution in [0.4, 0.5) is 0 Å². The molecule has 1 N–H and O–H groups in total. The molecular weight excluding hydrogens is 284 g/mol. The molecule has 0 radical (unpaired) electrons. The fourth-order valence-corrected chi connectivity index (χ4v) is 2.13. The van der Waals surface area contributed by atoms with Crippen molar-refractivity contribution < 1.29 is 9.84 Å². The molecule has 0 aliphatic heterocycles. The van der Waals surface area contributed by atoms with Crippen LogP contribution in [0.3, 0.4) is 0 Å².